The van der Waals surface area contributed by atoms with Gasteiger partial charge in [-0.05, 0) is 278 Å². The Morgan fingerprint density at radius 3 is 0.636 bits per heavy atom. The molecule has 0 aliphatic heterocycles. The molecule has 0 aliphatic rings. The summed E-state index contributed by atoms with van der Waals surface area (Å²) >= 11 is 0. The Hall–Kier alpha value is -18.3. The molecule has 24 aromatic rings. The van der Waals surface area contributed by atoms with Crippen molar-refractivity contribution in [3.63, 3.8) is 0 Å². The van der Waals surface area contributed by atoms with E-state index in [2.05, 4.69) is 186 Å². The highest BCUT2D eigenvalue weighted by atomic mass is 19.2. The van der Waals surface area contributed by atoms with Crippen LogP contribution in [0.25, 0.3) is 129 Å². The Labute approximate surface area is 752 Å². The van der Waals surface area contributed by atoms with E-state index in [1.165, 1.54) is 88.4 Å². The van der Waals surface area contributed by atoms with Crippen molar-refractivity contribution in [2.75, 3.05) is 19.6 Å². The van der Waals surface area contributed by atoms with Gasteiger partial charge in [0.25, 0.3) is 0 Å². The molecule has 9 nitrogen and oxygen atoms in total. The number of para-hydroxylation sites is 1. The van der Waals surface area contributed by atoms with Gasteiger partial charge in [0.1, 0.15) is 47.0 Å². The third kappa shape index (κ3) is 14.4. The van der Waals surface area contributed by atoms with E-state index in [-0.39, 0.29) is 22.5 Å². The molecule has 0 amide bonds. The zero-order chi connectivity index (χ0) is 89.9. The van der Waals surface area contributed by atoms with E-state index in [4.69, 9.17) is 0 Å². The second kappa shape index (κ2) is 33.5. The average molecular weight is 1710 g/mol. The van der Waals surface area contributed by atoms with Crippen molar-refractivity contribution < 1.29 is 26.3 Å². The first-order chi connectivity index (χ1) is 64.7. The van der Waals surface area contributed by atoms with Gasteiger partial charge in [0.2, 0.25) is 0 Å². The molecule has 0 heterocycles. The van der Waals surface area contributed by atoms with Crippen LogP contribution in [0.3, 0.4) is 0 Å². The minimum atomic E-state index is -0.787. The summed E-state index contributed by atoms with van der Waals surface area (Å²) in [5.74, 6) is -4.48. The van der Waals surface area contributed by atoms with Gasteiger partial charge in [-0.3, -0.25) is 0 Å². The summed E-state index contributed by atoms with van der Waals surface area (Å²) in [6.45, 7) is 0. The number of rotatable bonds is 12. The van der Waals surface area contributed by atoms with Crippen molar-refractivity contribution in [2.45, 2.75) is 0 Å². The van der Waals surface area contributed by atoms with E-state index in [1.54, 1.807) is 23.1 Å². The molecule has 620 valence electrons. The highest BCUT2D eigenvalue weighted by Gasteiger charge is 2.27. The van der Waals surface area contributed by atoms with Gasteiger partial charge in [0.15, 0.2) is 0 Å². The molecule has 0 atom stereocenters. The second-order valence-electron chi connectivity index (χ2n) is 32.2. The molecule has 0 fully saturated rings. The van der Waals surface area contributed by atoms with Gasteiger partial charge in [-0.1, -0.05) is 212 Å². The normalized spacial score (nSPS) is 11.2. The number of hydrogen-bond acceptors (Lipinski definition) is 9. The van der Waals surface area contributed by atoms with Gasteiger partial charge >= 0.3 is 0 Å². The van der Waals surface area contributed by atoms with Crippen LogP contribution >= 0.6 is 0 Å². The molecule has 0 saturated carbocycles. The zero-order valence-electron chi connectivity index (χ0n) is 69.8. The van der Waals surface area contributed by atoms with Crippen LogP contribution in [-0.4, -0.2) is 0 Å². The van der Waals surface area contributed by atoms with Crippen LogP contribution in [0.1, 0.15) is 27.8 Å². The van der Waals surface area contributed by atoms with Crippen molar-refractivity contribution in [2.24, 2.45) is 0 Å². The summed E-state index contributed by atoms with van der Waals surface area (Å²) < 4.78 is 86.2. The first-order valence-electron chi connectivity index (χ1n) is 42.4. The Morgan fingerprint density at radius 2 is 0.386 bits per heavy atom. The molecule has 0 aromatic heterocycles. The minimum Gasteiger partial charge on any atom is -0.310 e. The number of anilines is 12. The first-order valence-corrected chi connectivity index (χ1v) is 42.4. The molecular weight excluding hydrogens is 1650 g/mol. The molecule has 0 saturated heterocycles. The fourth-order valence-corrected chi connectivity index (χ4v) is 18.8. The summed E-state index contributed by atoms with van der Waals surface area (Å²) in [6, 6.07) is 134. The smallest absolute Gasteiger partial charge is 0.143 e. The second-order valence-corrected chi connectivity index (χ2v) is 32.2. The number of benzene rings is 24. The lowest BCUT2D eigenvalue weighted by Gasteiger charge is -2.28. The topological polar surface area (TPSA) is 132 Å². The summed E-state index contributed by atoms with van der Waals surface area (Å²) in [7, 11) is 0. The number of nitrogens with zero attached hydrogens (tertiary/aromatic N) is 9. The van der Waals surface area contributed by atoms with Gasteiger partial charge in [-0.2, -0.15) is 26.3 Å². The van der Waals surface area contributed by atoms with Crippen LogP contribution in [0.15, 0.2) is 394 Å². The fraction of sp³-hybridized carbons (Fsp3) is 0. The molecular formula is C117H65F6N9. The molecule has 24 rings (SSSR count). The van der Waals surface area contributed by atoms with Gasteiger partial charge in [-0.25, -0.2) is 26.3 Å². The van der Waals surface area contributed by atoms with Gasteiger partial charge in [0.05, 0.1) is 80.1 Å². The maximum absolute atomic E-state index is 14.7. The van der Waals surface area contributed by atoms with Crippen LogP contribution in [-0.2, 0) is 0 Å². The third-order valence-electron chi connectivity index (χ3n) is 24.6. The predicted octanol–water partition coefficient (Wildman–Crippen LogP) is 32.4. The summed E-state index contributed by atoms with van der Waals surface area (Å²) in [5.41, 5.74) is 10.3. The standard InChI is InChI=1S/C30H15F2N3.C30H17N3.C29H18N2.C28H15F4N/c31-26-14-23(10-6-21(26)16-33)35(24-11-7-22(17-34)27(32)15-24)28-13-9-20-5-4-18-2-1-3-19-8-12-25(28)30(20)29(18)19;31-18-20-4-12-25(13-5-20)33(26-14-6-21(19-32)7-15-26)28-17-11-24-9-8-22-2-1-3-23-10-16-27(28)30(24)29(22)23;30-19-20-9-15-25(16-10-20)31(24-7-2-1-3-8-24)27-18-14-23-12-11-21-5-4-6-22-13-17-26(27)29(23)28(21)22;29-19-10-20(30)13-23(12-19)33(24-14-21(31)11-22(32)15-24)26-9-7-18-5-4-16-2-1-3-17-6-8-25(26)28(18)27(16)17/h1-15H;1-17H;1-18H;1-15H. The van der Waals surface area contributed by atoms with Gasteiger partial charge in [-0.15, -0.1) is 0 Å². The molecule has 0 spiro atoms. The average Bonchev–Trinajstić information content (AvgIpc) is 0.744. The van der Waals surface area contributed by atoms with E-state index in [9.17, 15) is 52.7 Å². The molecule has 0 bridgehead atoms. The fourth-order valence-electron chi connectivity index (χ4n) is 18.8. The van der Waals surface area contributed by atoms with Crippen LogP contribution in [0.2, 0.25) is 0 Å². The quantitative estimate of drug-likeness (QED) is 0.0866. The Morgan fingerprint density at radius 1 is 0.167 bits per heavy atom. The first kappa shape index (κ1) is 80.8. The summed E-state index contributed by atoms with van der Waals surface area (Å²) in [6.07, 6.45) is 0. The highest BCUT2D eigenvalue weighted by molar-refractivity contribution is 6.30. The summed E-state index contributed by atoms with van der Waals surface area (Å²) in [4.78, 5) is 7.69. The van der Waals surface area contributed by atoms with Crippen LogP contribution in [0, 0.1) is 91.6 Å². The Kier molecular flexibility index (Phi) is 20.5. The van der Waals surface area contributed by atoms with E-state index in [0.29, 0.717) is 33.8 Å². The molecule has 0 radical (unpaired) electrons. The number of hydrogen-bond donors (Lipinski definition) is 0. The van der Waals surface area contributed by atoms with Crippen molar-refractivity contribution >= 4 is 198 Å². The Bertz CT molecular complexity index is 8630. The predicted molar refractivity (Wildman–Crippen MR) is 523 cm³/mol. The largest absolute Gasteiger partial charge is 0.310 e. The maximum atomic E-state index is 14.7. The lowest BCUT2D eigenvalue weighted by molar-refractivity contribution is 0.582. The van der Waals surface area contributed by atoms with Gasteiger partial charge in [0, 0.05) is 67.8 Å². The van der Waals surface area contributed by atoms with Crippen molar-refractivity contribution in [1.29, 1.82) is 26.3 Å². The van der Waals surface area contributed by atoms with Crippen molar-refractivity contribution in [1.82, 2.24) is 0 Å². The molecule has 15 heteroatoms. The minimum absolute atomic E-state index is 0.0740. The number of nitriles is 5. The lowest BCUT2D eigenvalue weighted by atomic mass is 9.93. The van der Waals surface area contributed by atoms with E-state index < -0.39 is 34.9 Å². The van der Waals surface area contributed by atoms with Crippen LogP contribution in [0.4, 0.5) is 94.6 Å². The molecule has 24 aromatic carbocycles. The van der Waals surface area contributed by atoms with Crippen LogP contribution in [0.5, 0.6) is 0 Å². The van der Waals surface area contributed by atoms with E-state index in [1.807, 2.05) is 170 Å². The van der Waals surface area contributed by atoms with E-state index in [0.717, 1.165) is 146 Å². The van der Waals surface area contributed by atoms with Gasteiger partial charge < -0.3 is 19.6 Å². The maximum Gasteiger partial charge on any atom is 0.143 e. The molecule has 0 N–H and O–H groups in total. The van der Waals surface area contributed by atoms with Crippen molar-refractivity contribution in [3.05, 3.63) is 457 Å². The number of halogens is 6. The van der Waals surface area contributed by atoms with Crippen LogP contribution < -0.4 is 19.6 Å². The van der Waals surface area contributed by atoms with Crippen molar-refractivity contribution in [3.8, 4) is 30.3 Å². The lowest BCUT2D eigenvalue weighted by Crippen LogP contribution is -2.12. The third-order valence-corrected chi connectivity index (χ3v) is 24.6. The molecule has 132 heavy (non-hydrogen) atoms. The van der Waals surface area contributed by atoms with E-state index >= 15 is 0 Å². The zero-order valence-corrected chi connectivity index (χ0v) is 69.8. The highest BCUT2D eigenvalue weighted by Crippen LogP contribution is 2.51. The Balaban J connectivity index is 0.000000106. The molecule has 0 aliphatic carbocycles. The monoisotopic (exact) mass is 1710 g/mol. The summed E-state index contributed by atoms with van der Waals surface area (Å²) in [5, 5.41) is 73.4. The SMILES string of the molecule is Fc1cc(F)cc(N(c2cc(F)cc(F)c2)c2ccc3ccc4cccc5ccc2c3c45)c1.N#Cc1ccc(N(c2ccc(C#N)c(F)c2)c2ccc3ccc4cccc5ccc2c3c45)cc1F.N#Cc1ccc(N(c2ccc(C#N)cc2)c2ccc3ccc4cccc5ccc2c3c45)cc1.N#Cc1ccc(N(c2ccccc2)c2ccc3ccc4cccc5ccc2c3c45)cc1. The molecule has 0 unspecified atom stereocenters.